The van der Waals surface area contributed by atoms with Gasteiger partial charge in [-0.1, -0.05) is 22.8 Å². The van der Waals surface area contributed by atoms with Crippen molar-refractivity contribution in [3.63, 3.8) is 0 Å². The third-order valence-corrected chi connectivity index (χ3v) is 6.86. The minimum Gasteiger partial charge on any atom is -0.387 e. The molecule has 1 saturated heterocycles. The van der Waals surface area contributed by atoms with Crippen LogP contribution in [0.5, 0.6) is 0 Å². The van der Waals surface area contributed by atoms with Gasteiger partial charge in [0.1, 0.15) is 11.9 Å². The number of alkyl halides is 2. The Morgan fingerprint density at radius 3 is 2.86 bits per heavy atom. The van der Waals surface area contributed by atoms with Crippen LogP contribution >= 0.6 is 22.9 Å². The van der Waals surface area contributed by atoms with E-state index in [0.717, 1.165) is 12.3 Å². The third-order valence-electron chi connectivity index (χ3n) is 5.76. The van der Waals surface area contributed by atoms with Gasteiger partial charge in [0.2, 0.25) is 0 Å². The van der Waals surface area contributed by atoms with Gasteiger partial charge >= 0.3 is 6.55 Å². The average molecular weight is 521 g/mol. The van der Waals surface area contributed by atoms with Crippen LogP contribution in [0.4, 0.5) is 13.2 Å². The van der Waals surface area contributed by atoms with E-state index in [1.54, 1.807) is 16.5 Å². The molecule has 1 fully saturated rings. The average Bonchev–Trinajstić information content (AvgIpc) is 3.57. The van der Waals surface area contributed by atoms with Gasteiger partial charge in [0.15, 0.2) is 10.8 Å². The highest BCUT2D eigenvalue weighted by molar-refractivity contribution is 7.11. The highest BCUT2D eigenvalue weighted by Gasteiger charge is 2.46. The molecule has 35 heavy (non-hydrogen) atoms. The van der Waals surface area contributed by atoms with Crippen molar-refractivity contribution in [1.29, 1.82) is 0 Å². The molecule has 0 radical (unpaired) electrons. The number of azide groups is 1. The molecule has 9 nitrogen and oxygen atoms in total. The molecular weight excluding hydrogens is 505 g/mol. The van der Waals surface area contributed by atoms with Gasteiger partial charge in [0, 0.05) is 51.0 Å². The van der Waals surface area contributed by atoms with Crippen LogP contribution in [0.2, 0.25) is 5.02 Å². The quantitative estimate of drug-likeness (QED) is 0.273. The zero-order valence-electron chi connectivity index (χ0n) is 17.8. The van der Waals surface area contributed by atoms with Gasteiger partial charge in [-0.25, -0.2) is 14.1 Å². The molecule has 3 aromatic rings. The Kier molecular flexibility index (Phi) is 6.01. The monoisotopic (exact) mass is 520 g/mol. The SMILES string of the molecule is [N-]=[N+]=NC[C@]1(O)CC2=C(c3ccn(C(F)F)n3)[C@H](c3ccc(F)cc3Cl)N=C(c3nccs3)N2C1. The minimum atomic E-state index is -2.86. The Hall–Kier alpha value is -3.38. The molecule has 180 valence electrons. The molecule has 1 N–H and O–H groups in total. The Labute approximate surface area is 205 Å². The summed E-state index contributed by atoms with van der Waals surface area (Å²) < 4.78 is 41.0. The van der Waals surface area contributed by atoms with Crippen LogP contribution in [-0.4, -0.2) is 49.3 Å². The maximum atomic E-state index is 13.8. The van der Waals surface area contributed by atoms with Gasteiger partial charge in [-0.2, -0.15) is 13.9 Å². The lowest BCUT2D eigenvalue weighted by Crippen LogP contribution is -2.39. The number of amidine groups is 1. The van der Waals surface area contributed by atoms with Crippen molar-refractivity contribution in [3.8, 4) is 0 Å². The molecule has 0 spiro atoms. The second kappa shape index (κ2) is 9.00. The summed E-state index contributed by atoms with van der Waals surface area (Å²) in [5, 5.41) is 21.2. The van der Waals surface area contributed by atoms with Crippen molar-refractivity contribution in [3.05, 3.63) is 85.3 Å². The largest absolute Gasteiger partial charge is 0.387 e. The zero-order valence-corrected chi connectivity index (χ0v) is 19.3. The van der Waals surface area contributed by atoms with Crippen LogP contribution in [0.1, 0.15) is 35.3 Å². The van der Waals surface area contributed by atoms with E-state index in [2.05, 4.69) is 20.1 Å². The molecule has 5 rings (SSSR count). The normalized spacial score (nSPS) is 21.8. The second-order valence-corrected chi connectivity index (χ2v) is 9.36. The summed E-state index contributed by atoms with van der Waals surface area (Å²) in [6.45, 7) is -3.04. The number of fused-ring (bicyclic) bond motifs is 1. The lowest BCUT2D eigenvalue weighted by atomic mass is 9.91. The smallest absolute Gasteiger partial charge is 0.333 e. The van der Waals surface area contributed by atoms with Gasteiger partial charge in [-0.15, -0.1) is 11.3 Å². The van der Waals surface area contributed by atoms with Crippen LogP contribution in [0, 0.1) is 5.82 Å². The van der Waals surface area contributed by atoms with Gasteiger partial charge in [0.25, 0.3) is 0 Å². The van der Waals surface area contributed by atoms with E-state index >= 15 is 0 Å². The number of hydrogen-bond acceptors (Lipinski definition) is 7. The lowest BCUT2D eigenvalue weighted by Gasteiger charge is -2.32. The van der Waals surface area contributed by atoms with E-state index in [1.165, 1.54) is 29.5 Å². The highest BCUT2D eigenvalue weighted by Crippen LogP contribution is 2.48. The standard InChI is InChI=1S/C21H16ClF3N8OS/c22-13-7-11(23)1-2-12(13)17-16(14-3-5-33(30-14)20(24)25)15-8-21(34,9-28-31-26)10-32(15)18(29-17)19-27-4-6-35-19/h1-7,17,20,34H,8-10H2/t17-,21+/m0/s1. The summed E-state index contributed by atoms with van der Waals surface area (Å²) >= 11 is 7.73. The number of aliphatic imine (C=N–C) groups is 1. The van der Waals surface area contributed by atoms with Crippen molar-refractivity contribution < 1.29 is 18.3 Å². The van der Waals surface area contributed by atoms with Crippen molar-refractivity contribution >= 4 is 34.3 Å². The fourth-order valence-electron chi connectivity index (χ4n) is 4.31. The third kappa shape index (κ3) is 4.27. The molecule has 0 saturated carbocycles. The molecule has 14 heteroatoms. The number of aromatic nitrogens is 3. The summed E-state index contributed by atoms with van der Waals surface area (Å²) in [4.78, 5) is 13.7. The second-order valence-electron chi connectivity index (χ2n) is 8.05. The fraction of sp³-hybridized carbons (Fsp3) is 0.286. The predicted octanol–water partition coefficient (Wildman–Crippen LogP) is 5.19. The van der Waals surface area contributed by atoms with Crippen LogP contribution in [0.3, 0.4) is 0 Å². The summed E-state index contributed by atoms with van der Waals surface area (Å²) in [5.41, 5.74) is 8.95. The molecule has 2 aliphatic rings. The number of thiazole rings is 1. The van der Waals surface area contributed by atoms with E-state index in [0.29, 0.717) is 32.4 Å². The first kappa shape index (κ1) is 23.4. The molecule has 1 aromatic carbocycles. The highest BCUT2D eigenvalue weighted by atomic mass is 35.5. The lowest BCUT2D eigenvalue weighted by molar-refractivity contribution is 0.0564. The van der Waals surface area contributed by atoms with Crippen molar-refractivity contribution in [2.75, 3.05) is 13.1 Å². The number of rotatable bonds is 6. The van der Waals surface area contributed by atoms with Crippen molar-refractivity contribution in [2.45, 2.75) is 24.6 Å². The number of nitrogens with zero attached hydrogens (tertiary/aromatic N) is 8. The van der Waals surface area contributed by atoms with E-state index in [9.17, 15) is 18.3 Å². The number of hydrogen-bond donors (Lipinski definition) is 1. The first-order valence-electron chi connectivity index (χ1n) is 10.3. The van der Waals surface area contributed by atoms with E-state index in [-0.39, 0.29) is 30.2 Å². The molecule has 4 heterocycles. The fourth-order valence-corrected chi connectivity index (χ4v) is 5.22. The molecule has 0 unspecified atom stereocenters. The Morgan fingerprint density at radius 2 is 2.20 bits per heavy atom. The van der Waals surface area contributed by atoms with Gasteiger partial charge < -0.3 is 10.0 Å². The number of halogens is 4. The maximum absolute atomic E-state index is 13.8. The molecule has 2 aliphatic heterocycles. The molecule has 0 bridgehead atoms. The maximum Gasteiger partial charge on any atom is 0.333 e. The number of aliphatic hydroxyl groups is 1. The van der Waals surface area contributed by atoms with Crippen LogP contribution < -0.4 is 0 Å². The summed E-state index contributed by atoms with van der Waals surface area (Å²) in [6, 6.07) is 4.43. The summed E-state index contributed by atoms with van der Waals surface area (Å²) in [6.07, 6.45) is 2.78. The van der Waals surface area contributed by atoms with Crippen LogP contribution in [0.25, 0.3) is 16.0 Å². The van der Waals surface area contributed by atoms with E-state index < -0.39 is 24.0 Å². The topological polar surface area (TPSA) is 115 Å². The van der Waals surface area contributed by atoms with Crippen LogP contribution in [0.15, 0.2) is 57.8 Å². The summed E-state index contributed by atoms with van der Waals surface area (Å²) in [5.74, 6) is -0.115. The summed E-state index contributed by atoms with van der Waals surface area (Å²) in [7, 11) is 0. The first-order chi connectivity index (χ1) is 16.8. The molecular formula is C21H16ClF3N8OS. The van der Waals surface area contributed by atoms with Crippen molar-refractivity contribution in [2.24, 2.45) is 10.1 Å². The Balaban J connectivity index is 1.75. The van der Waals surface area contributed by atoms with Gasteiger partial charge in [-0.05, 0) is 23.7 Å². The molecule has 0 aliphatic carbocycles. The predicted molar refractivity (Wildman–Crippen MR) is 123 cm³/mol. The van der Waals surface area contributed by atoms with Gasteiger partial charge in [0.05, 0.1) is 24.4 Å². The van der Waals surface area contributed by atoms with E-state index in [1.807, 2.05) is 0 Å². The zero-order chi connectivity index (χ0) is 24.7. The Morgan fingerprint density at radius 1 is 1.37 bits per heavy atom. The molecule has 2 aromatic heterocycles. The molecule has 0 amide bonds. The van der Waals surface area contributed by atoms with Crippen LogP contribution in [-0.2, 0) is 0 Å². The van der Waals surface area contributed by atoms with E-state index in [4.69, 9.17) is 22.1 Å². The number of benzene rings is 1. The molecule has 2 atom stereocenters. The van der Waals surface area contributed by atoms with Gasteiger partial charge in [-0.3, -0.25) is 4.99 Å². The Bertz CT molecular complexity index is 1380. The first-order valence-corrected chi connectivity index (χ1v) is 11.6. The minimum absolute atomic E-state index is 0.0304. The van der Waals surface area contributed by atoms with Crippen molar-refractivity contribution in [1.82, 2.24) is 19.7 Å².